The highest BCUT2D eigenvalue weighted by molar-refractivity contribution is 8.00. The molecule has 0 radical (unpaired) electrons. The molecule has 14 heteroatoms. The molecule has 274 valence electrons. The van der Waals surface area contributed by atoms with Crippen molar-refractivity contribution in [3.63, 3.8) is 0 Å². The van der Waals surface area contributed by atoms with E-state index in [0.29, 0.717) is 11.1 Å². The molecular formula is C38H43N5O7S2. The van der Waals surface area contributed by atoms with Gasteiger partial charge >= 0.3 is 0 Å². The van der Waals surface area contributed by atoms with Gasteiger partial charge in [0.05, 0.1) is 23.2 Å². The maximum Gasteiger partial charge on any atom is 0.254 e. The lowest BCUT2D eigenvalue weighted by molar-refractivity contribution is -0.148. The molecule has 2 heterocycles. The molecule has 5 rings (SSSR count). The molecule has 0 aliphatic carbocycles. The van der Waals surface area contributed by atoms with E-state index in [1.54, 1.807) is 60.7 Å². The van der Waals surface area contributed by atoms with Crippen molar-refractivity contribution in [1.29, 1.82) is 0 Å². The third-order valence-corrected chi connectivity index (χ3v) is 12.0. The number of aryl methyl sites for hydroxylation is 1. The Labute approximate surface area is 307 Å². The topological polar surface area (TPSA) is 175 Å². The van der Waals surface area contributed by atoms with Crippen molar-refractivity contribution < 1.29 is 32.7 Å². The maximum absolute atomic E-state index is 14.1. The number of carbonyl (C=O) groups is 4. The number of aliphatic hydroxyl groups excluding tert-OH is 1. The second-order valence-corrected chi connectivity index (χ2v) is 16.9. The Morgan fingerprint density at radius 1 is 0.942 bits per heavy atom. The molecule has 12 nitrogen and oxygen atoms in total. The summed E-state index contributed by atoms with van der Waals surface area (Å²) in [5, 5.41) is 20.1. The predicted octanol–water partition coefficient (Wildman–Crippen LogP) is 2.91. The Hall–Kier alpha value is -4.79. The molecule has 0 bridgehead atoms. The first kappa shape index (κ1) is 38.4. The summed E-state index contributed by atoms with van der Waals surface area (Å²) in [5.74, 6) is -3.46. The molecular weight excluding hydrogens is 703 g/mol. The lowest BCUT2D eigenvalue weighted by Gasteiger charge is -2.33. The molecule has 0 saturated carbocycles. The molecule has 4 amide bonds. The molecule has 1 aliphatic rings. The van der Waals surface area contributed by atoms with Crippen LogP contribution in [0.3, 0.4) is 0 Å². The van der Waals surface area contributed by atoms with E-state index < -0.39 is 62.3 Å². The Morgan fingerprint density at radius 3 is 2.33 bits per heavy atom. The second kappa shape index (κ2) is 16.3. The fourth-order valence-corrected chi connectivity index (χ4v) is 8.69. The zero-order valence-corrected chi connectivity index (χ0v) is 31.0. The number of pyridine rings is 1. The van der Waals surface area contributed by atoms with Crippen molar-refractivity contribution in [3.05, 3.63) is 108 Å². The molecule has 0 spiro atoms. The number of aliphatic hydroxyl groups is 1. The number of benzene rings is 3. The number of aromatic nitrogens is 1. The molecule has 1 saturated heterocycles. The monoisotopic (exact) mass is 745 g/mol. The molecule has 1 aromatic heterocycles. The summed E-state index contributed by atoms with van der Waals surface area (Å²) in [7, 11) is -4.22. The molecule has 0 unspecified atom stereocenters. The summed E-state index contributed by atoms with van der Waals surface area (Å²) < 4.78 is 26.4. The summed E-state index contributed by atoms with van der Waals surface area (Å²) in [6.07, 6.45) is -1.85. The molecule has 1 aliphatic heterocycles. The van der Waals surface area contributed by atoms with Gasteiger partial charge in [-0.2, -0.15) is 0 Å². The molecule has 4 N–H and O–H groups in total. The predicted molar refractivity (Wildman–Crippen MR) is 200 cm³/mol. The summed E-state index contributed by atoms with van der Waals surface area (Å²) in [6.45, 7) is 7.04. The van der Waals surface area contributed by atoms with Crippen molar-refractivity contribution in [2.24, 2.45) is 0 Å². The van der Waals surface area contributed by atoms with Crippen LogP contribution >= 0.6 is 11.8 Å². The zero-order valence-electron chi connectivity index (χ0n) is 29.4. The minimum Gasteiger partial charge on any atom is -0.381 e. The van der Waals surface area contributed by atoms with E-state index in [4.69, 9.17) is 0 Å². The van der Waals surface area contributed by atoms with Crippen molar-refractivity contribution in [3.8, 4) is 0 Å². The number of rotatable bonds is 13. The number of carbonyl (C=O) groups excluding carboxylic acids is 4. The van der Waals surface area contributed by atoms with Gasteiger partial charge in [0.2, 0.25) is 17.7 Å². The van der Waals surface area contributed by atoms with Gasteiger partial charge in [-0.3, -0.25) is 19.2 Å². The number of thioether (sulfide) groups is 1. The number of nitrogens with zero attached hydrogens (tertiary/aromatic N) is 2. The number of fused-ring (bicyclic) bond motifs is 1. The highest BCUT2D eigenvalue weighted by Gasteiger charge is 2.50. The molecule has 4 atom stereocenters. The minimum absolute atomic E-state index is 0.0141. The quantitative estimate of drug-likeness (QED) is 0.161. The fraction of sp³-hybridized carbons (Fsp3) is 0.342. The summed E-state index contributed by atoms with van der Waals surface area (Å²) in [4.78, 5) is 59.4. The van der Waals surface area contributed by atoms with Crippen LogP contribution in [0.25, 0.3) is 10.9 Å². The van der Waals surface area contributed by atoms with E-state index >= 15 is 0 Å². The first-order valence-electron chi connectivity index (χ1n) is 16.8. The number of hydrogen-bond acceptors (Lipinski definition) is 9. The number of sulfone groups is 1. The van der Waals surface area contributed by atoms with Gasteiger partial charge in [0, 0.05) is 23.6 Å². The summed E-state index contributed by atoms with van der Waals surface area (Å²) in [6, 6.07) is 22.6. The van der Waals surface area contributed by atoms with Crippen LogP contribution in [0, 0.1) is 6.92 Å². The van der Waals surface area contributed by atoms with E-state index in [2.05, 4.69) is 20.9 Å². The van der Waals surface area contributed by atoms with Crippen molar-refractivity contribution >= 4 is 56.1 Å². The van der Waals surface area contributed by atoms with Crippen molar-refractivity contribution in [2.75, 3.05) is 11.6 Å². The third kappa shape index (κ3) is 9.16. The van der Waals surface area contributed by atoms with Crippen molar-refractivity contribution in [1.82, 2.24) is 25.8 Å². The molecule has 4 aromatic rings. The van der Waals surface area contributed by atoms with E-state index in [0.717, 1.165) is 23.4 Å². The molecule has 52 heavy (non-hydrogen) atoms. The Bertz CT molecular complexity index is 2060. The van der Waals surface area contributed by atoms with Crippen LogP contribution in [0.4, 0.5) is 0 Å². The van der Waals surface area contributed by atoms with Crippen LogP contribution in [0.1, 0.15) is 37.5 Å². The zero-order chi connectivity index (χ0) is 37.6. The highest BCUT2D eigenvalue weighted by atomic mass is 32.2. The second-order valence-electron chi connectivity index (χ2n) is 13.4. The van der Waals surface area contributed by atoms with Gasteiger partial charge in [-0.05, 0) is 62.1 Å². The number of nitrogens with one attached hydrogen (secondary N) is 3. The fourth-order valence-electron chi connectivity index (χ4n) is 6.19. The largest absolute Gasteiger partial charge is 0.381 e. The lowest BCUT2D eigenvalue weighted by Crippen LogP contribution is -2.60. The Morgan fingerprint density at radius 2 is 1.62 bits per heavy atom. The van der Waals surface area contributed by atoms with Crippen LogP contribution < -0.4 is 16.0 Å². The number of para-hydroxylation sites is 1. The van der Waals surface area contributed by atoms with Crippen LogP contribution in [-0.4, -0.2) is 87.6 Å². The van der Waals surface area contributed by atoms with Gasteiger partial charge in [-0.15, -0.1) is 11.8 Å². The van der Waals surface area contributed by atoms with Gasteiger partial charge < -0.3 is 26.0 Å². The van der Waals surface area contributed by atoms with Gasteiger partial charge in [0.25, 0.3) is 5.91 Å². The first-order chi connectivity index (χ1) is 24.7. The SMILES string of the molecule is CC(=O)N[C@H](CS(=O)(=O)c1ccc2ccccc2n1)C(=O)N[C@@H](Cc1ccccc1)[C@H](O)C(=O)N1CSC(C)(C)[C@H]1C(=O)NCc1ccccc1C. The third-order valence-electron chi connectivity index (χ3n) is 9.02. The highest BCUT2D eigenvalue weighted by Crippen LogP contribution is 2.40. The van der Waals surface area contributed by atoms with Gasteiger partial charge in [0.15, 0.2) is 21.0 Å². The van der Waals surface area contributed by atoms with Crippen molar-refractivity contribution in [2.45, 2.75) is 74.7 Å². The van der Waals surface area contributed by atoms with Gasteiger partial charge in [0.1, 0.15) is 12.1 Å². The maximum atomic E-state index is 14.1. The van der Waals surface area contributed by atoms with Crippen LogP contribution in [0.15, 0.2) is 96.0 Å². The Balaban J connectivity index is 1.38. The number of amides is 4. The van der Waals surface area contributed by atoms with Gasteiger partial charge in [-0.25, -0.2) is 13.4 Å². The first-order valence-corrected chi connectivity index (χ1v) is 19.4. The van der Waals surface area contributed by atoms with E-state index in [9.17, 15) is 32.7 Å². The minimum atomic E-state index is -4.22. The lowest BCUT2D eigenvalue weighted by atomic mass is 9.97. The molecule has 1 fully saturated rings. The average Bonchev–Trinajstić information content (AvgIpc) is 3.44. The standard InChI is InChI=1S/C38H43N5O7S2/c1-24-12-8-9-16-28(24)21-39-36(47)34-38(3,4)51-23-43(34)37(48)33(45)30(20-26-13-6-5-7-14-26)42-35(46)31(40-25(2)44)22-52(49,50)32-19-18-27-15-10-11-17-29(27)41-32/h5-19,30-31,33-34,45H,20-23H2,1-4H3,(H,39,47)(H,40,44)(H,42,46)/t30-,31+,33-,34+/m0/s1. The average molecular weight is 746 g/mol. The van der Waals surface area contributed by atoms with Gasteiger partial charge in [-0.1, -0.05) is 72.8 Å². The van der Waals surface area contributed by atoms with Crippen LogP contribution in [0.5, 0.6) is 0 Å². The van der Waals surface area contributed by atoms with E-state index in [1.165, 1.54) is 22.7 Å². The van der Waals surface area contributed by atoms with Crippen LogP contribution in [0.2, 0.25) is 0 Å². The number of hydrogen-bond donors (Lipinski definition) is 4. The van der Waals surface area contributed by atoms with E-state index in [-0.39, 0.29) is 29.8 Å². The normalized spacial score (nSPS) is 17.2. The van der Waals surface area contributed by atoms with Crippen LogP contribution in [-0.2, 0) is 42.0 Å². The summed E-state index contributed by atoms with van der Waals surface area (Å²) >= 11 is 1.39. The molecule has 3 aromatic carbocycles. The smallest absolute Gasteiger partial charge is 0.254 e. The Kier molecular flexibility index (Phi) is 12.0. The van der Waals surface area contributed by atoms with E-state index in [1.807, 2.05) is 45.0 Å². The summed E-state index contributed by atoms with van der Waals surface area (Å²) in [5.41, 5.74) is 3.05.